The Bertz CT molecular complexity index is 223. The minimum Gasteiger partial charge on any atom is -0.372 e. The van der Waals surface area contributed by atoms with E-state index in [4.69, 9.17) is 10.5 Å². The Labute approximate surface area is 112 Å². The lowest BCUT2D eigenvalue weighted by atomic mass is 10.0. The van der Waals surface area contributed by atoms with Gasteiger partial charge in [-0.1, -0.05) is 39.0 Å². The minimum absolute atomic E-state index is 0.498. The maximum absolute atomic E-state index is 5.97. The number of nitrogens with zero attached hydrogens (tertiary/aromatic N) is 1. The number of likely N-dealkylation sites (tertiary alicyclic amines) is 1. The van der Waals surface area contributed by atoms with Gasteiger partial charge in [0, 0.05) is 25.7 Å². The fraction of sp³-hybridized carbons (Fsp3) is 1.00. The number of hydrogen-bond donors (Lipinski definition) is 1. The predicted octanol–water partition coefficient (Wildman–Crippen LogP) is 2.54. The molecule has 18 heavy (non-hydrogen) atoms. The van der Waals surface area contributed by atoms with E-state index in [1.54, 1.807) is 0 Å². The monoisotopic (exact) mass is 254 g/mol. The van der Waals surface area contributed by atoms with Gasteiger partial charge < -0.3 is 10.5 Å². The third kappa shape index (κ3) is 3.94. The van der Waals surface area contributed by atoms with Crippen LogP contribution in [-0.2, 0) is 4.74 Å². The van der Waals surface area contributed by atoms with Gasteiger partial charge in [-0.15, -0.1) is 0 Å². The molecule has 0 aliphatic carbocycles. The molecule has 2 bridgehead atoms. The number of rotatable bonds is 8. The summed E-state index contributed by atoms with van der Waals surface area (Å²) in [5, 5.41) is 0. The van der Waals surface area contributed by atoms with Crippen LogP contribution in [0.2, 0.25) is 0 Å². The van der Waals surface area contributed by atoms with Crippen LogP contribution in [0.3, 0.4) is 0 Å². The number of morpholine rings is 1. The van der Waals surface area contributed by atoms with Gasteiger partial charge in [0.15, 0.2) is 0 Å². The molecule has 3 nitrogen and oxygen atoms in total. The van der Waals surface area contributed by atoms with Crippen LogP contribution in [0.4, 0.5) is 0 Å². The lowest BCUT2D eigenvalue weighted by molar-refractivity contribution is -0.0527. The third-order valence-electron chi connectivity index (χ3n) is 4.50. The van der Waals surface area contributed by atoms with Crippen molar-refractivity contribution >= 4 is 0 Å². The van der Waals surface area contributed by atoms with Crippen LogP contribution in [0, 0.1) is 0 Å². The van der Waals surface area contributed by atoms with E-state index < -0.39 is 0 Å². The Morgan fingerprint density at radius 2 is 1.78 bits per heavy atom. The van der Waals surface area contributed by atoms with E-state index in [-0.39, 0.29) is 0 Å². The second-order valence-electron chi connectivity index (χ2n) is 6.00. The van der Waals surface area contributed by atoms with Crippen molar-refractivity contribution in [3.05, 3.63) is 0 Å². The van der Waals surface area contributed by atoms with Crippen LogP contribution in [0.1, 0.15) is 58.3 Å². The zero-order chi connectivity index (χ0) is 12.8. The van der Waals surface area contributed by atoms with Crippen LogP contribution in [0.15, 0.2) is 0 Å². The Hall–Kier alpha value is -0.120. The summed E-state index contributed by atoms with van der Waals surface area (Å²) in [6.07, 6.45) is 11.6. The molecule has 3 unspecified atom stereocenters. The molecule has 2 aliphatic rings. The summed E-state index contributed by atoms with van der Waals surface area (Å²) in [5.74, 6) is 0. The Balaban J connectivity index is 1.68. The highest BCUT2D eigenvalue weighted by molar-refractivity contribution is 4.88. The highest BCUT2D eigenvalue weighted by Gasteiger charge is 2.35. The van der Waals surface area contributed by atoms with E-state index in [0.717, 1.165) is 19.6 Å². The Kier molecular flexibility index (Phi) is 5.93. The molecule has 0 aromatic rings. The molecule has 0 aromatic carbocycles. The molecule has 0 aromatic heterocycles. The molecular formula is C15H30N2O. The summed E-state index contributed by atoms with van der Waals surface area (Å²) in [6.45, 7) is 5.32. The second-order valence-corrected chi connectivity index (χ2v) is 6.00. The zero-order valence-corrected chi connectivity index (χ0v) is 11.9. The van der Waals surface area contributed by atoms with Crippen molar-refractivity contribution in [2.24, 2.45) is 5.73 Å². The third-order valence-corrected chi connectivity index (χ3v) is 4.50. The number of ether oxygens (including phenoxy) is 1. The molecule has 2 heterocycles. The van der Waals surface area contributed by atoms with E-state index in [1.165, 1.54) is 51.4 Å². The van der Waals surface area contributed by atoms with Crippen LogP contribution in [-0.4, -0.2) is 42.8 Å². The van der Waals surface area contributed by atoms with Gasteiger partial charge in [0.05, 0.1) is 12.2 Å². The maximum atomic E-state index is 5.97. The average molecular weight is 254 g/mol. The maximum Gasteiger partial charge on any atom is 0.0707 e. The highest BCUT2D eigenvalue weighted by Crippen LogP contribution is 2.28. The Morgan fingerprint density at radius 1 is 1.11 bits per heavy atom. The van der Waals surface area contributed by atoms with Crippen LogP contribution < -0.4 is 5.73 Å². The lowest BCUT2D eigenvalue weighted by Crippen LogP contribution is -2.50. The molecule has 2 N–H and O–H groups in total. The molecule has 0 saturated carbocycles. The zero-order valence-electron chi connectivity index (χ0n) is 11.9. The average Bonchev–Trinajstić information content (AvgIpc) is 2.73. The lowest BCUT2D eigenvalue weighted by Gasteiger charge is -2.37. The van der Waals surface area contributed by atoms with Crippen molar-refractivity contribution in [1.29, 1.82) is 0 Å². The molecule has 0 amide bonds. The van der Waals surface area contributed by atoms with E-state index in [9.17, 15) is 0 Å². The number of fused-ring (bicyclic) bond motifs is 2. The summed E-state index contributed by atoms with van der Waals surface area (Å²) >= 11 is 0. The fourth-order valence-corrected chi connectivity index (χ4v) is 3.38. The van der Waals surface area contributed by atoms with E-state index in [0.29, 0.717) is 18.2 Å². The van der Waals surface area contributed by atoms with Crippen molar-refractivity contribution in [2.75, 3.05) is 19.6 Å². The highest BCUT2D eigenvalue weighted by atomic mass is 16.5. The fourth-order valence-electron chi connectivity index (χ4n) is 3.38. The first-order valence-corrected chi connectivity index (χ1v) is 7.93. The molecule has 2 aliphatic heterocycles. The van der Waals surface area contributed by atoms with Gasteiger partial charge in [-0.25, -0.2) is 0 Å². The quantitative estimate of drug-likeness (QED) is 0.677. The number of nitrogens with two attached hydrogens (primary N) is 1. The van der Waals surface area contributed by atoms with Gasteiger partial charge >= 0.3 is 0 Å². The van der Waals surface area contributed by atoms with Crippen molar-refractivity contribution < 1.29 is 4.74 Å². The summed E-state index contributed by atoms with van der Waals surface area (Å²) in [6, 6.07) is 0.596. The summed E-state index contributed by atoms with van der Waals surface area (Å²) in [5.41, 5.74) is 5.97. The van der Waals surface area contributed by atoms with Gasteiger partial charge in [0.1, 0.15) is 0 Å². The van der Waals surface area contributed by atoms with Gasteiger partial charge in [-0.05, 0) is 19.3 Å². The normalized spacial score (nSPS) is 29.7. The molecule has 3 atom stereocenters. The van der Waals surface area contributed by atoms with E-state index in [1.807, 2.05) is 0 Å². The summed E-state index contributed by atoms with van der Waals surface area (Å²) in [4.78, 5) is 2.60. The van der Waals surface area contributed by atoms with Gasteiger partial charge in [-0.2, -0.15) is 0 Å². The number of hydrogen-bond acceptors (Lipinski definition) is 3. The molecular weight excluding hydrogens is 224 g/mol. The second kappa shape index (κ2) is 7.46. The standard InChI is InChI=1S/C15H30N2O/c1-2-3-4-5-6-7-13(10-16)17-11-14-8-9-15(12-17)18-14/h13-15H,2-12,16H2,1H3. The minimum atomic E-state index is 0.498. The first-order valence-electron chi connectivity index (χ1n) is 7.93. The molecule has 3 heteroatoms. The van der Waals surface area contributed by atoms with Gasteiger partial charge in [0.2, 0.25) is 0 Å². The molecule has 0 spiro atoms. The summed E-state index contributed by atoms with van der Waals surface area (Å²) in [7, 11) is 0. The van der Waals surface area contributed by atoms with Crippen LogP contribution in [0.5, 0.6) is 0 Å². The SMILES string of the molecule is CCCCCCCC(CN)N1CC2CCC(C1)O2. The van der Waals surface area contributed by atoms with E-state index in [2.05, 4.69) is 11.8 Å². The van der Waals surface area contributed by atoms with Crippen LogP contribution in [0.25, 0.3) is 0 Å². The first-order chi connectivity index (χ1) is 8.83. The molecule has 0 radical (unpaired) electrons. The molecule has 2 fully saturated rings. The molecule has 106 valence electrons. The Morgan fingerprint density at radius 3 is 2.39 bits per heavy atom. The predicted molar refractivity (Wildman–Crippen MR) is 75.7 cm³/mol. The largest absolute Gasteiger partial charge is 0.372 e. The molecule has 2 saturated heterocycles. The van der Waals surface area contributed by atoms with Crippen molar-refractivity contribution in [3.63, 3.8) is 0 Å². The van der Waals surface area contributed by atoms with Crippen LogP contribution >= 0.6 is 0 Å². The van der Waals surface area contributed by atoms with Gasteiger partial charge in [0.25, 0.3) is 0 Å². The molecule has 2 rings (SSSR count). The summed E-state index contributed by atoms with van der Waals surface area (Å²) < 4.78 is 5.90. The smallest absolute Gasteiger partial charge is 0.0707 e. The van der Waals surface area contributed by atoms with Gasteiger partial charge in [-0.3, -0.25) is 4.90 Å². The number of unbranched alkanes of at least 4 members (excludes halogenated alkanes) is 4. The van der Waals surface area contributed by atoms with E-state index >= 15 is 0 Å². The topological polar surface area (TPSA) is 38.5 Å². The first kappa shape index (κ1) is 14.3. The van der Waals surface area contributed by atoms with Crippen molar-refractivity contribution in [1.82, 2.24) is 4.90 Å². The van der Waals surface area contributed by atoms with Crippen molar-refractivity contribution in [3.8, 4) is 0 Å². The van der Waals surface area contributed by atoms with Crippen molar-refractivity contribution in [2.45, 2.75) is 76.5 Å².